The molecule has 0 amide bonds. The third kappa shape index (κ3) is 7.29. The molecule has 0 spiro atoms. The second-order valence-electron chi connectivity index (χ2n) is 10.5. The summed E-state index contributed by atoms with van der Waals surface area (Å²) in [5.41, 5.74) is 2.12. The number of hydrogen-bond acceptors (Lipinski definition) is 2. The summed E-state index contributed by atoms with van der Waals surface area (Å²) in [4.78, 5) is 0. The van der Waals surface area contributed by atoms with Crippen LogP contribution in [0.5, 0.6) is 0 Å². The molecule has 3 heteroatoms. The maximum absolute atomic E-state index is 14.6. The van der Waals surface area contributed by atoms with Gasteiger partial charge in [-0.1, -0.05) is 51.2 Å². The Morgan fingerprint density at radius 2 is 1.55 bits per heavy atom. The summed E-state index contributed by atoms with van der Waals surface area (Å²) in [6.07, 6.45) is 16.8. The predicted octanol–water partition coefficient (Wildman–Crippen LogP) is 7.02. The van der Waals surface area contributed by atoms with Crippen LogP contribution in [0.25, 0.3) is 0 Å². The fourth-order valence-electron chi connectivity index (χ4n) is 6.17. The second kappa shape index (κ2) is 12.9. The molecule has 0 radical (unpaired) electrons. The van der Waals surface area contributed by atoms with E-state index >= 15 is 0 Å². The molecule has 2 aliphatic rings. The second-order valence-corrected chi connectivity index (χ2v) is 10.5. The van der Waals surface area contributed by atoms with E-state index in [9.17, 15) is 14.6 Å². The van der Waals surface area contributed by atoms with E-state index in [0.29, 0.717) is 5.92 Å². The molecule has 176 valence electrons. The van der Waals surface area contributed by atoms with E-state index < -0.39 is 0 Å². The average Bonchev–Trinajstić information content (AvgIpc) is 2.81. The molecule has 2 saturated carbocycles. The molecule has 0 aliphatic heterocycles. The van der Waals surface area contributed by atoms with Crippen molar-refractivity contribution in [3.05, 3.63) is 35.1 Å². The number of hydrogen-bond donors (Lipinski definition) is 2. The van der Waals surface area contributed by atoms with Gasteiger partial charge in [0, 0.05) is 19.1 Å². The molecule has 0 bridgehead atoms. The van der Waals surface area contributed by atoms with Crippen LogP contribution in [-0.4, -0.2) is 23.4 Å². The van der Waals surface area contributed by atoms with Crippen LogP contribution in [0.4, 0.5) is 4.39 Å². The molecular formula is C28H45FO2. The molecular weight excluding hydrogens is 387 g/mol. The molecule has 2 fully saturated rings. The standard InChI is InChI=1S/C28H45FO2/c1-2-3-4-5-26-16-17-27(18-28(26)29)25-14-12-24(13-15-25)23-10-8-21(9-11-23)6-7-22(19-30)20-31/h16-18,21-25,30-31H,2-15,19-20H2,1H3. The normalized spacial score (nSPS) is 27.0. The van der Waals surface area contributed by atoms with Gasteiger partial charge in [0.15, 0.2) is 0 Å². The lowest BCUT2D eigenvalue weighted by Crippen LogP contribution is -2.26. The van der Waals surface area contributed by atoms with Crippen molar-refractivity contribution < 1.29 is 14.6 Å². The van der Waals surface area contributed by atoms with Gasteiger partial charge in [-0.3, -0.25) is 0 Å². The number of halogens is 1. The van der Waals surface area contributed by atoms with Gasteiger partial charge in [0.2, 0.25) is 0 Å². The Morgan fingerprint density at radius 1 is 0.903 bits per heavy atom. The number of aliphatic hydroxyl groups excluding tert-OH is 2. The minimum Gasteiger partial charge on any atom is -0.396 e. The van der Waals surface area contributed by atoms with Gasteiger partial charge in [0.1, 0.15) is 5.82 Å². The molecule has 0 aromatic heterocycles. The zero-order valence-electron chi connectivity index (χ0n) is 19.7. The van der Waals surface area contributed by atoms with Gasteiger partial charge >= 0.3 is 0 Å². The van der Waals surface area contributed by atoms with E-state index in [4.69, 9.17) is 0 Å². The smallest absolute Gasteiger partial charge is 0.126 e. The minimum atomic E-state index is 0.0127. The molecule has 0 atom stereocenters. The maximum Gasteiger partial charge on any atom is 0.126 e. The van der Waals surface area contributed by atoms with Crippen molar-refractivity contribution in [2.45, 2.75) is 103 Å². The van der Waals surface area contributed by atoms with Crippen molar-refractivity contribution in [1.29, 1.82) is 0 Å². The van der Waals surface area contributed by atoms with Crippen molar-refractivity contribution >= 4 is 0 Å². The summed E-state index contributed by atoms with van der Waals surface area (Å²) in [6, 6.07) is 6.09. The number of aliphatic hydroxyl groups is 2. The fourth-order valence-corrected chi connectivity index (χ4v) is 6.17. The zero-order valence-corrected chi connectivity index (χ0v) is 19.7. The Balaban J connectivity index is 1.40. The van der Waals surface area contributed by atoms with Gasteiger partial charge < -0.3 is 10.2 Å². The van der Waals surface area contributed by atoms with E-state index in [0.717, 1.165) is 49.0 Å². The van der Waals surface area contributed by atoms with Crippen molar-refractivity contribution in [3.63, 3.8) is 0 Å². The monoisotopic (exact) mass is 432 g/mol. The Morgan fingerprint density at radius 3 is 2.13 bits per heavy atom. The van der Waals surface area contributed by atoms with Crippen molar-refractivity contribution in [3.8, 4) is 0 Å². The summed E-state index contributed by atoms with van der Waals surface area (Å²) < 4.78 is 14.6. The SMILES string of the molecule is CCCCCc1ccc(C2CCC(C3CCC(CCC(CO)CO)CC3)CC2)cc1F. The highest BCUT2D eigenvalue weighted by atomic mass is 19.1. The lowest BCUT2D eigenvalue weighted by molar-refractivity contribution is 0.123. The Labute approximate surface area is 189 Å². The minimum absolute atomic E-state index is 0.0127. The zero-order chi connectivity index (χ0) is 22.1. The van der Waals surface area contributed by atoms with Gasteiger partial charge in [0.05, 0.1) is 0 Å². The highest BCUT2D eigenvalue weighted by molar-refractivity contribution is 5.27. The summed E-state index contributed by atoms with van der Waals surface area (Å²) in [7, 11) is 0. The largest absolute Gasteiger partial charge is 0.396 e. The maximum atomic E-state index is 14.6. The molecule has 3 rings (SSSR count). The lowest BCUT2D eigenvalue weighted by atomic mass is 9.68. The van der Waals surface area contributed by atoms with Crippen molar-refractivity contribution in [2.75, 3.05) is 13.2 Å². The first-order valence-electron chi connectivity index (χ1n) is 13.1. The number of unbranched alkanes of at least 4 members (excludes halogenated alkanes) is 2. The summed E-state index contributed by atoms with van der Waals surface area (Å²) in [6.45, 7) is 2.41. The van der Waals surface area contributed by atoms with Gasteiger partial charge in [-0.25, -0.2) is 4.39 Å². The molecule has 1 aromatic carbocycles. The molecule has 0 unspecified atom stereocenters. The molecule has 0 heterocycles. The van der Waals surface area contributed by atoms with Gasteiger partial charge in [-0.15, -0.1) is 0 Å². The van der Waals surface area contributed by atoms with Crippen LogP contribution in [0.3, 0.4) is 0 Å². The molecule has 1 aromatic rings. The fraction of sp³-hybridized carbons (Fsp3) is 0.786. The number of benzene rings is 1. The third-order valence-electron chi connectivity index (χ3n) is 8.43. The molecule has 2 N–H and O–H groups in total. The van der Waals surface area contributed by atoms with Gasteiger partial charge in [-0.2, -0.15) is 0 Å². The predicted molar refractivity (Wildman–Crippen MR) is 127 cm³/mol. The summed E-state index contributed by atoms with van der Waals surface area (Å²) in [5, 5.41) is 18.5. The molecule has 2 nitrogen and oxygen atoms in total. The molecule has 2 aliphatic carbocycles. The van der Waals surface area contributed by atoms with Crippen molar-refractivity contribution in [2.24, 2.45) is 23.7 Å². The van der Waals surface area contributed by atoms with E-state index in [1.807, 2.05) is 12.1 Å². The quantitative estimate of drug-likeness (QED) is 0.369. The van der Waals surface area contributed by atoms with Gasteiger partial charge in [-0.05, 0) is 98.7 Å². The van der Waals surface area contributed by atoms with Crippen LogP contribution in [0, 0.1) is 29.5 Å². The van der Waals surface area contributed by atoms with E-state index in [1.165, 1.54) is 69.8 Å². The topological polar surface area (TPSA) is 40.5 Å². The van der Waals surface area contributed by atoms with E-state index in [2.05, 4.69) is 13.0 Å². The van der Waals surface area contributed by atoms with Crippen LogP contribution in [0.2, 0.25) is 0 Å². The van der Waals surface area contributed by atoms with Crippen LogP contribution in [-0.2, 0) is 6.42 Å². The average molecular weight is 433 g/mol. The van der Waals surface area contributed by atoms with Crippen LogP contribution in [0.1, 0.15) is 107 Å². The Bertz CT molecular complexity index is 626. The first-order valence-corrected chi connectivity index (χ1v) is 13.1. The highest BCUT2D eigenvalue weighted by Crippen LogP contribution is 2.44. The van der Waals surface area contributed by atoms with Crippen LogP contribution >= 0.6 is 0 Å². The summed E-state index contributed by atoms with van der Waals surface area (Å²) >= 11 is 0. The van der Waals surface area contributed by atoms with E-state index in [-0.39, 0.29) is 24.9 Å². The number of rotatable bonds is 11. The van der Waals surface area contributed by atoms with Crippen LogP contribution in [0.15, 0.2) is 18.2 Å². The molecule has 31 heavy (non-hydrogen) atoms. The van der Waals surface area contributed by atoms with E-state index in [1.54, 1.807) is 0 Å². The van der Waals surface area contributed by atoms with Gasteiger partial charge in [0.25, 0.3) is 0 Å². The summed E-state index contributed by atoms with van der Waals surface area (Å²) in [5.74, 6) is 3.15. The highest BCUT2D eigenvalue weighted by Gasteiger charge is 2.31. The first-order chi connectivity index (χ1) is 15.1. The molecule has 0 saturated heterocycles. The number of aryl methyl sites for hydroxylation is 1. The lowest BCUT2D eigenvalue weighted by Gasteiger charge is -2.38. The van der Waals surface area contributed by atoms with Crippen molar-refractivity contribution in [1.82, 2.24) is 0 Å². The first kappa shape index (κ1) is 24.7. The Kier molecular flexibility index (Phi) is 10.3. The van der Waals surface area contributed by atoms with Crippen LogP contribution < -0.4 is 0 Å². The third-order valence-corrected chi connectivity index (χ3v) is 8.43. The Hall–Kier alpha value is -0.930.